The molecule has 4 heteroatoms. The number of carbonyl (C=O) groups excluding carboxylic acids is 1. The smallest absolute Gasteiger partial charge is 0.253 e. The summed E-state index contributed by atoms with van der Waals surface area (Å²) in [6, 6.07) is 26.8. The van der Waals surface area contributed by atoms with Crippen molar-refractivity contribution in [3.05, 3.63) is 95.7 Å². The number of amides is 1. The van der Waals surface area contributed by atoms with Gasteiger partial charge in [-0.15, -0.1) is 0 Å². The molecule has 1 amide bonds. The van der Waals surface area contributed by atoms with Gasteiger partial charge in [-0.1, -0.05) is 86.8 Å². The maximum Gasteiger partial charge on any atom is 0.253 e. The second kappa shape index (κ2) is 11.5. The first-order chi connectivity index (χ1) is 17.7. The number of fused-ring (bicyclic) bond motifs is 1. The molecule has 1 fully saturated rings. The average Bonchev–Trinajstić information content (AvgIpc) is 2.95. The fraction of sp³-hybridized carbons (Fsp3) is 0.344. The molecule has 4 nitrogen and oxygen atoms in total. The number of benzene rings is 3. The van der Waals surface area contributed by atoms with E-state index in [1.54, 1.807) is 0 Å². The normalized spacial score (nSPS) is 14.3. The van der Waals surface area contributed by atoms with E-state index in [0.29, 0.717) is 11.5 Å². The highest BCUT2D eigenvalue weighted by atomic mass is 16.2. The molecule has 2 heterocycles. The van der Waals surface area contributed by atoms with Crippen LogP contribution in [0.25, 0.3) is 22.3 Å². The van der Waals surface area contributed by atoms with Crippen LogP contribution < -0.4 is 0 Å². The van der Waals surface area contributed by atoms with Gasteiger partial charge in [0, 0.05) is 24.2 Å². The Morgan fingerprint density at radius 2 is 1.56 bits per heavy atom. The number of aryl methyl sites for hydroxylation is 1. The number of unbranched alkanes of at least 4 members (excludes halogenated alkanes) is 3. The zero-order chi connectivity index (χ0) is 24.7. The van der Waals surface area contributed by atoms with Crippen molar-refractivity contribution in [1.82, 2.24) is 14.9 Å². The van der Waals surface area contributed by atoms with Gasteiger partial charge in [0.05, 0.1) is 22.4 Å². The predicted octanol–water partition coefficient (Wildman–Crippen LogP) is 7.44. The second-order valence-corrected chi connectivity index (χ2v) is 9.88. The Bertz CT molecular complexity index is 1300. The molecule has 1 saturated heterocycles. The van der Waals surface area contributed by atoms with Crippen molar-refractivity contribution >= 4 is 16.9 Å². The molecule has 0 atom stereocenters. The summed E-state index contributed by atoms with van der Waals surface area (Å²) in [4.78, 5) is 25.4. The first-order valence-electron chi connectivity index (χ1n) is 13.4. The molecule has 0 bridgehead atoms. The summed E-state index contributed by atoms with van der Waals surface area (Å²) in [5, 5.41) is 0. The predicted molar refractivity (Wildman–Crippen MR) is 147 cm³/mol. The van der Waals surface area contributed by atoms with Gasteiger partial charge in [0.15, 0.2) is 0 Å². The molecular formula is C32H35N3O. The Morgan fingerprint density at radius 1 is 0.833 bits per heavy atom. The fourth-order valence-corrected chi connectivity index (χ4v) is 5.27. The molecule has 1 aliphatic rings. The van der Waals surface area contributed by atoms with E-state index in [9.17, 15) is 4.79 Å². The van der Waals surface area contributed by atoms with E-state index in [-0.39, 0.29) is 5.91 Å². The van der Waals surface area contributed by atoms with Gasteiger partial charge >= 0.3 is 0 Å². The zero-order valence-corrected chi connectivity index (χ0v) is 21.2. The third-order valence-electron chi connectivity index (χ3n) is 7.35. The number of likely N-dealkylation sites (tertiary alicyclic amines) is 1. The van der Waals surface area contributed by atoms with Gasteiger partial charge in [-0.3, -0.25) is 4.79 Å². The highest BCUT2D eigenvalue weighted by Crippen LogP contribution is 2.29. The number of piperidine rings is 1. The number of carbonyl (C=O) groups is 1. The van der Waals surface area contributed by atoms with Crippen LogP contribution in [-0.2, 0) is 6.42 Å². The lowest BCUT2D eigenvalue weighted by Crippen LogP contribution is -2.37. The number of nitrogens with zero attached hydrogens (tertiary/aromatic N) is 3. The first kappa shape index (κ1) is 24.2. The summed E-state index contributed by atoms with van der Waals surface area (Å²) in [5.74, 6) is 0.631. The third-order valence-corrected chi connectivity index (χ3v) is 7.35. The van der Waals surface area contributed by atoms with Gasteiger partial charge in [-0.05, 0) is 55.4 Å². The summed E-state index contributed by atoms with van der Waals surface area (Å²) in [7, 11) is 0. The maximum atomic E-state index is 13.4. The van der Waals surface area contributed by atoms with Crippen molar-refractivity contribution in [3.8, 4) is 11.3 Å². The van der Waals surface area contributed by atoms with Gasteiger partial charge < -0.3 is 4.90 Å². The van der Waals surface area contributed by atoms with Crippen LogP contribution in [0.15, 0.2) is 78.9 Å². The molecule has 0 spiro atoms. The Morgan fingerprint density at radius 3 is 2.28 bits per heavy atom. The van der Waals surface area contributed by atoms with E-state index in [2.05, 4.69) is 49.4 Å². The Kier molecular flexibility index (Phi) is 7.70. The molecule has 184 valence electrons. The van der Waals surface area contributed by atoms with Crippen molar-refractivity contribution in [3.63, 3.8) is 0 Å². The third kappa shape index (κ3) is 5.48. The van der Waals surface area contributed by atoms with Crippen LogP contribution in [0.4, 0.5) is 0 Å². The average molecular weight is 478 g/mol. The first-order valence-corrected chi connectivity index (χ1v) is 13.4. The van der Waals surface area contributed by atoms with Crippen molar-refractivity contribution in [2.24, 2.45) is 0 Å². The van der Waals surface area contributed by atoms with E-state index in [4.69, 9.17) is 9.97 Å². The molecule has 4 aromatic rings. The SMILES string of the molecule is CCCCCCc1nc2cc(C(=O)N3CCC(c4ccccc4)CC3)ccc2nc1-c1ccccc1. The Labute approximate surface area is 214 Å². The molecule has 0 N–H and O–H groups in total. The fourth-order valence-electron chi connectivity index (χ4n) is 5.27. The molecule has 1 aromatic heterocycles. The number of aromatic nitrogens is 2. The quantitative estimate of drug-likeness (QED) is 0.248. The van der Waals surface area contributed by atoms with Crippen LogP contribution in [-0.4, -0.2) is 33.9 Å². The van der Waals surface area contributed by atoms with Crippen LogP contribution in [0.5, 0.6) is 0 Å². The molecule has 0 saturated carbocycles. The van der Waals surface area contributed by atoms with E-state index in [0.717, 1.165) is 66.8 Å². The Balaban J connectivity index is 1.37. The topological polar surface area (TPSA) is 46.1 Å². The summed E-state index contributed by atoms with van der Waals surface area (Å²) < 4.78 is 0. The van der Waals surface area contributed by atoms with Crippen LogP contribution in [0.1, 0.15) is 73.0 Å². The van der Waals surface area contributed by atoms with Crippen molar-refractivity contribution in [1.29, 1.82) is 0 Å². The minimum Gasteiger partial charge on any atom is -0.339 e. The lowest BCUT2D eigenvalue weighted by atomic mass is 9.89. The summed E-state index contributed by atoms with van der Waals surface area (Å²) in [5.41, 5.74) is 6.82. The minimum absolute atomic E-state index is 0.0989. The largest absolute Gasteiger partial charge is 0.339 e. The summed E-state index contributed by atoms with van der Waals surface area (Å²) >= 11 is 0. The molecular weight excluding hydrogens is 442 g/mol. The van der Waals surface area contributed by atoms with Gasteiger partial charge in [0.2, 0.25) is 0 Å². The number of rotatable bonds is 8. The molecule has 0 unspecified atom stereocenters. The van der Waals surface area contributed by atoms with Crippen molar-refractivity contribution in [2.75, 3.05) is 13.1 Å². The zero-order valence-electron chi connectivity index (χ0n) is 21.2. The molecule has 3 aromatic carbocycles. The van der Waals surface area contributed by atoms with Crippen LogP contribution in [0.2, 0.25) is 0 Å². The summed E-state index contributed by atoms with van der Waals surface area (Å²) in [6.45, 7) is 3.81. The van der Waals surface area contributed by atoms with Crippen molar-refractivity contribution in [2.45, 2.75) is 57.8 Å². The van der Waals surface area contributed by atoms with Crippen molar-refractivity contribution < 1.29 is 4.79 Å². The van der Waals surface area contributed by atoms with Gasteiger partial charge in [-0.2, -0.15) is 0 Å². The van der Waals surface area contributed by atoms with E-state index >= 15 is 0 Å². The Hall–Kier alpha value is -3.53. The second-order valence-electron chi connectivity index (χ2n) is 9.88. The lowest BCUT2D eigenvalue weighted by Gasteiger charge is -2.32. The monoisotopic (exact) mass is 477 g/mol. The molecule has 0 aliphatic carbocycles. The standard InChI is InChI=1S/C32H35N3O/c1-2-3-4-11-16-29-31(26-14-9-6-10-15-26)34-28-18-17-27(23-30(28)33-29)32(36)35-21-19-25(20-22-35)24-12-7-5-8-13-24/h5-10,12-15,17-18,23,25H,2-4,11,16,19-22H2,1H3. The molecule has 1 aliphatic heterocycles. The van der Waals surface area contributed by atoms with Crippen LogP contribution in [0.3, 0.4) is 0 Å². The van der Waals surface area contributed by atoms with Crippen LogP contribution in [0, 0.1) is 0 Å². The minimum atomic E-state index is 0.0989. The number of hydrogen-bond acceptors (Lipinski definition) is 3. The molecule has 36 heavy (non-hydrogen) atoms. The maximum absolute atomic E-state index is 13.4. The molecule has 5 rings (SSSR count). The lowest BCUT2D eigenvalue weighted by molar-refractivity contribution is 0.0713. The van der Waals surface area contributed by atoms with Gasteiger partial charge in [-0.25, -0.2) is 9.97 Å². The highest BCUT2D eigenvalue weighted by Gasteiger charge is 2.25. The van der Waals surface area contributed by atoms with E-state index < -0.39 is 0 Å². The van der Waals surface area contributed by atoms with Crippen LogP contribution >= 0.6 is 0 Å². The number of hydrogen-bond donors (Lipinski definition) is 0. The van der Waals surface area contributed by atoms with Gasteiger partial charge in [0.25, 0.3) is 5.91 Å². The van der Waals surface area contributed by atoms with E-state index in [1.165, 1.54) is 24.8 Å². The van der Waals surface area contributed by atoms with E-state index in [1.807, 2.05) is 41.3 Å². The summed E-state index contributed by atoms with van der Waals surface area (Å²) in [6.07, 6.45) is 7.66. The highest BCUT2D eigenvalue weighted by molar-refractivity contribution is 5.97. The van der Waals surface area contributed by atoms with Gasteiger partial charge in [0.1, 0.15) is 0 Å². The molecule has 0 radical (unpaired) electrons.